The van der Waals surface area contributed by atoms with Crippen LogP contribution in [0.3, 0.4) is 0 Å². The largest absolute Gasteiger partial charge is 0.469 e. The number of esters is 1. The minimum absolute atomic E-state index is 0.0671. The molecule has 2 aromatic carbocycles. The van der Waals surface area contributed by atoms with Crippen molar-refractivity contribution < 1.29 is 14.3 Å². The van der Waals surface area contributed by atoms with E-state index in [1.165, 1.54) is 23.4 Å². The Bertz CT molecular complexity index is 652. The second-order valence-corrected chi connectivity index (χ2v) is 6.23. The number of hydrogen-bond donors (Lipinski definition) is 0. The van der Waals surface area contributed by atoms with E-state index in [0.29, 0.717) is 5.75 Å². The molecule has 22 heavy (non-hydrogen) atoms. The maximum Gasteiger partial charge on any atom is 0.313 e. The molecule has 0 aliphatic rings. The maximum atomic E-state index is 11.5. The summed E-state index contributed by atoms with van der Waals surface area (Å²) in [6.45, 7) is 0. The molecule has 0 bridgehead atoms. The number of Topliss-reactive ketones (excluding diaryl/α,β-unsaturated/α-hetero) is 1. The molecular formula is C18H20O3S. The van der Waals surface area contributed by atoms with Gasteiger partial charge < -0.3 is 4.74 Å². The summed E-state index contributed by atoms with van der Waals surface area (Å²) < 4.78 is 4.47. The molecule has 0 heterocycles. The highest BCUT2D eigenvalue weighted by Gasteiger charge is 2.09. The topological polar surface area (TPSA) is 43.4 Å². The zero-order valence-corrected chi connectivity index (χ0v) is 13.5. The Labute approximate surface area is 135 Å². The number of thioether (sulfide) groups is 1. The van der Waals surface area contributed by atoms with Gasteiger partial charge in [0.25, 0.3) is 0 Å². The Morgan fingerprint density at radius 2 is 1.86 bits per heavy atom. The van der Waals surface area contributed by atoms with E-state index in [1.807, 2.05) is 6.07 Å². The van der Waals surface area contributed by atoms with E-state index in [1.54, 1.807) is 11.8 Å². The number of carbonyl (C=O) groups excluding carboxylic acids is 2. The van der Waals surface area contributed by atoms with Gasteiger partial charge in [-0.05, 0) is 34.9 Å². The van der Waals surface area contributed by atoms with Crippen molar-refractivity contribution >= 4 is 34.3 Å². The summed E-state index contributed by atoms with van der Waals surface area (Å²) in [6.07, 6.45) is 1.91. The standard InChI is InChI=1S/C18H20O3S/c1-21-18(20)12-17(19)13-22-10-4-5-14-8-9-15-6-2-3-7-16(15)11-14/h2-3,6-9,11H,4-5,10,12-13H2,1H3. The van der Waals surface area contributed by atoms with Crippen molar-refractivity contribution in [2.45, 2.75) is 19.3 Å². The first-order chi connectivity index (χ1) is 10.7. The second kappa shape index (κ2) is 8.59. The molecule has 0 aromatic heterocycles. The molecule has 0 spiro atoms. The minimum atomic E-state index is -0.457. The maximum absolute atomic E-state index is 11.5. The third-order valence-electron chi connectivity index (χ3n) is 3.40. The Morgan fingerprint density at radius 1 is 1.09 bits per heavy atom. The van der Waals surface area contributed by atoms with Gasteiger partial charge in [-0.2, -0.15) is 11.8 Å². The Balaban J connectivity index is 1.69. The minimum Gasteiger partial charge on any atom is -0.469 e. The molecule has 0 atom stereocenters. The van der Waals surface area contributed by atoms with Crippen molar-refractivity contribution in [3.8, 4) is 0 Å². The van der Waals surface area contributed by atoms with Gasteiger partial charge in [-0.15, -0.1) is 0 Å². The summed E-state index contributed by atoms with van der Waals surface area (Å²) in [5.74, 6) is 0.774. The predicted octanol–water partition coefficient (Wildman–Crippen LogP) is 3.64. The van der Waals surface area contributed by atoms with Crippen LogP contribution >= 0.6 is 11.8 Å². The second-order valence-electron chi connectivity index (χ2n) is 5.13. The zero-order chi connectivity index (χ0) is 15.8. The Morgan fingerprint density at radius 3 is 2.64 bits per heavy atom. The van der Waals surface area contributed by atoms with Crippen molar-refractivity contribution in [2.75, 3.05) is 18.6 Å². The van der Waals surface area contributed by atoms with Gasteiger partial charge in [-0.3, -0.25) is 9.59 Å². The van der Waals surface area contributed by atoms with Crippen LogP contribution in [0.5, 0.6) is 0 Å². The molecule has 116 valence electrons. The monoisotopic (exact) mass is 316 g/mol. The first kappa shape index (κ1) is 16.6. The predicted molar refractivity (Wildman–Crippen MR) is 91.2 cm³/mol. The Kier molecular flexibility index (Phi) is 6.46. The summed E-state index contributed by atoms with van der Waals surface area (Å²) in [4.78, 5) is 22.4. The summed E-state index contributed by atoms with van der Waals surface area (Å²) >= 11 is 1.58. The molecule has 0 N–H and O–H groups in total. The summed E-state index contributed by atoms with van der Waals surface area (Å²) in [5, 5.41) is 2.52. The van der Waals surface area contributed by atoms with Crippen molar-refractivity contribution in [1.29, 1.82) is 0 Å². The number of benzene rings is 2. The van der Waals surface area contributed by atoms with Crippen LogP contribution in [0.15, 0.2) is 42.5 Å². The van der Waals surface area contributed by atoms with Crippen LogP contribution in [0.25, 0.3) is 10.8 Å². The molecule has 0 radical (unpaired) electrons. The van der Waals surface area contributed by atoms with Gasteiger partial charge in [0.15, 0.2) is 5.78 Å². The van der Waals surface area contributed by atoms with Crippen LogP contribution < -0.4 is 0 Å². The number of carbonyl (C=O) groups is 2. The van der Waals surface area contributed by atoms with E-state index in [2.05, 4.69) is 41.1 Å². The molecule has 4 heteroatoms. The summed E-state index contributed by atoms with van der Waals surface area (Å²) in [5.41, 5.74) is 1.32. The van der Waals surface area contributed by atoms with E-state index in [4.69, 9.17) is 0 Å². The molecule has 2 aromatic rings. The van der Waals surface area contributed by atoms with E-state index < -0.39 is 5.97 Å². The van der Waals surface area contributed by atoms with Crippen molar-refractivity contribution in [1.82, 2.24) is 0 Å². The molecule has 0 fully saturated rings. The lowest BCUT2D eigenvalue weighted by Crippen LogP contribution is -2.11. The van der Waals surface area contributed by atoms with Gasteiger partial charge in [-0.25, -0.2) is 0 Å². The van der Waals surface area contributed by atoms with Crippen LogP contribution in [0.1, 0.15) is 18.4 Å². The van der Waals surface area contributed by atoms with Gasteiger partial charge in [0.1, 0.15) is 6.42 Å². The molecule has 0 saturated heterocycles. The number of ketones is 1. The summed E-state index contributed by atoms with van der Waals surface area (Å²) in [6, 6.07) is 14.9. The lowest BCUT2D eigenvalue weighted by molar-refractivity contribution is -0.142. The van der Waals surface area contributed by atoms with E-state index in [0.717, 1.165) is 18.6 Å². The molecule has 2 rings (SSSR count). The fourth-order valence-electron chi connectivity index (χ4n) is 2.24. The lowest BCUT2D eigenvalue weighted by atomic mass is 10.0. The molecule has 0 saturated carbocycles. The molecule has 0 aliphatic carbocycles. The summed E-state index contributed by atoms with van der Waals surface area (Å²) in [7, 11) is 1.30. The fraction of sp³-hybridized carbons (Fsp3) is 0.333. The zero-order valence-electron chi connectivity index (χ0n) is 12.7. The Hall–Kier alpha value is -1.81. The van der Waals surface area contributed by atoms with Crippen LogP contribution in [0, 0.1) is 0 Å². The fourth-order valence-corrected chi connectivity index (χ4v) is 3.07. The van der Waals surface area contributed by atoms with Crippen molar-refractivity contribution in [3.63, 3.8) is 0 Å². The highest BCUT2D eigenvalue weighted by Crippen LogP contribution is 2.17. The highest BCUT2D eigenvalue weighted by molar-refractivity contribution is 7.99. The first-order valence-electron chi connectivity index (χ1n) is 7.33. The third kappa shape index (κ3) is 5.19. The number of rotatable bonds is 8. The number of fused-ring (bicyclic) bond motifs is 1. The van der Waals surface area contributed by atoms with Crippen LogP contribution in [-0.2, 0) is 20.7 Å². The van der Waals surface area contributed by atoms with Crippen LogP contribution in [0.4, 0.5) is 0 Å². The van der Waals surface area contributed by atoms with E-state index in [9.17, 15) is 9.59 Å². The molecule has 0 amide bonds. The normalized spacial score (nSPS) is 10.6. The lowest BCUT2D eigenvalue weighted by Gasteiger charge is -2.04. The quantitative estimate of drug-likeness (QED) is 0.424. The molecular weight excluding hydrogens is 296 g/mol. The average Bonchev–Trinajstić information content (AvgIpc) is 2.54. The van der Waals surface area contributed by atoms with Gasteiger partial charge >= 0.3 is 5.97 Å². The van der Waals surface area contributed by atoms with Crippen molar-refractivity contribution in [2.24, 2.45) is 0 Å². The first-order valence-corrected chi connectivity index (χ1v) is 8.48. The SMILES string of the molecule is COC(=O)CC(=O)CSCCCc1ccc2ccccc2c1. The molecule has 3 nitrogen and oxygen atoms in total. The number of methoxy groups -OCH3 is 1. The number of hydrogen-bond acceptors (Lipinski definition) is 4. The van der Waals surface area contributed by atoms with E-state index >= 15 is 0 Å². The van der Waals surface area contributed by atoms with Gasteiger partial charge in [0, 0.05) is 0 Å². The number of ether oxygens (including phenoxy) is 1. The van der Waals surface area contributed by atoms with E-state index in [-0.39, 0.29) is 12.2 Å². The highest BCUT2D eigenvalue weighted by atomic mass is 32.2. The van der Waals surface area contributed by atoms with Gasteiger partial charge in [0.05, 0.1) is 12.9 Å². The van der Waals surface area contributed by atoms with Gasteiger partial charge in [0.2, 0.25) is 0 Å². The molecule has 0 aliphatic heterocycles. The van der Waals surface area contributed by atoms with Crippen LogP contribution in [-0.4, -0.2) is 30.4 Å². The average molecular weight is 316 g/mol. The van der Waals surface area contributed by atoms with Crippen LogP contribution in [0.2, 0.25) is 0 Å². The third-order valence-corrected chi connectivity index (χ3v) is 4.50. The van der Waals surface area contributed by atoms with Crippen molar-refractivity contribution in [3.05, 3.63) is 48.0 Å². The smallest absolute Gasteiger partial charge is 0.313 e. The number of aryl methyl sites for hydroxylation is 1. The van der Waals surface area contributed by atoms with Gasteiger partial charge in [-0.1, -0.05) is 42.5 Å². The molecule has 0 unspecified atom stereocenters.